The number of carbonyl (C=O) groups excluding carboxylic acids is 2. The molecule has 3 rings (SSSR count). The molecule has 0 bridgehead atoms. The quantitative estimate of drug-likeness (QED) is 0.293. The average molecular weight is 494 g/mol. The Hall–Kier alpha value is -3.00. The van der Waals surface area contributed by atoms with Crippen LogP contribution in [0.5, 0.6) is 5.75 Å². The molecule has 0 saturated heterocycles. The Morgan fingerprint density at radius 3 is 2.31 bits per heavy atom. The number of ether oxygens (including phenoxy) is 1. The Morgan fingerprint density at radius 1 is 1.00 bits per heavy atom. The Kier molecular flexibility index (Phi) is 7.45. The van der Waals surface area contributed by atoms with Crippen molar-refractivity contribution in [2.24, 2.45) is 5.10 Å². The SMILES string of the molecule is COc1ccc(NC(=O)C(=O)N/N=C\c2cc(C)n(-c3cc(Cl)cc(Cl)c3)c2C)cc1Cl. The van der Waals surface area contributed by atoms with Crippen LogP contribution in [0.4, 0.5) is 5.69 Å². The van der Waals surface area contributed by atoms with Gasteiger partial charge in [-0.1, -0.05) is 34.8 Å². The molecule has 3 aromatic rings. The molecule has 0 aliphatic heterocycles. The summed E-state index contributed by atoms with van der Waals surface area (Å²) in [5, 5.41) is 7.69. The highest BCUT2D eigenvalue weighted by molar-refractivity contribution is 6.40. The topological polar surface area (TPSA) is 84.7 Å². The lowest BCUT2D eigenvalue weighted by Crippen LogP contribution is -2.32. The van der Waals surface area contributed by atoms with Crippen molar-refractivity contribution in [1.82, 2.24) is 9.99 Å². The summed E-state index contributed by atoms with van der Waals surface area (Å²) in [5.74, 6) is -1.36. The summed E-state index contributed by atoms with van der Waals surface area (Å²) in [7, 11) is 1.48. The highest BCUT2D eigenvalue weighted by Crippen LogP contribution is 2.27. The predicted molar refractivity (Wildman–Crippen MR) is 128 cm³/mol. The molecule has 1 aromatic heterocycles. The highest BCUT2D eigenvalue weighted by Gasteiger charge is 2.15. The fourth-order valence-electron chi connectivity index (χ4n) is 3.13. The van der Waals surface area contributed by atoms with Crippen molar-refractivity contribution in [3.63, 3.8) is 0 Å². The fourth-order valence-corrected chi connectivity index (χ4v) is 3.90. The Bertz CT molecular complexity index is 1200. The van der Waals surface area contributed by atoms with Crippen LogP contribution in [-0.4, -0.2) is 29.7 Å². The molecule has 2 aromatic carbocycles. The van der Waals surface area contributed by atoms with Crippen molar-refractivity contribution >= 4 is 58.5 Å². The van der Waals surface area contributed by atoms with Gasteiger partial charge in [0.25, 0.3) is 0 Å². The van der Waals surface area contributed by atoms with E-state index in [0.717, 1.165) is 22.6 Å². The number of aryl methyl sites for hydroxylation is 1. The van der Waals surface area contributed by atoms with Gasteiger partial charge in [-0.3, -0.25) is 9.59 Å². The molecule has 0 unspecified atom stereocenters. The van der Waals surface area contributed by atoms with Crippen LogP contribution in [0, 0.1) is 13.8 Å². The van der Waals surface area contributed by atoms with Crippen molar-refractivity contribution in [2.45, 2.75) is 13.8 Å². The second-order valence-electron chi connectivity index (χ2n) is 6.79. The van der Waals surface area contributed by atoms with Crippen molar-refractivity contribution in [3.8, 4) is 11.4 Å². The van der Waals surface area contributed by atoms with Gasteiger partial charge in [0.15, 0.2) is 0 Å². The number of methoxy groups -OCH3 is 1. The number of benzene rings is 2. The largest absolute Gasteiger partial charge is 0.495 e. The zero-order valence-electron chi connectivity index (χ0n) is 17.4. The van der Waals surface area contributed by atoms with Crippen molar-refractivity contribution < 1.29 is 14.3 Å². The number of anilines is 1. The molecule has 10 heteroatoms. The van der Waals surface area contributed by atoms with Crippen molar-refractivity contribution in [2.75, 3.05) is 12.4 Å². The number of hydrogen-bond donors (Lipinski definition) is 2. The summed E-state index contributed by atoms with van der Waals surface area (Å²) in [6, 6.07) is 11.8. The van der Waals surface area contributed by atoms with E-state index in [1.54, 1.807) is 30.3 Å². The van der Waals surface area contributed by atoms with Gasteiger partial charge in [-0.05, 0) is 56.3 Å². The highest BCUT2D eigenvalue weighted by atomic mass is 35.5. The monoisotopic (exact) mass is 492 g/mol. The first-order chi connectivity index (χ1) is 15.2. The molecule has 166 valence electrons. The molecule has 2 amide bonds. The lowest BCUT2D eigenvalue weighted by atomic mass is 10.2. The van der Waals surface area contributed by atoms with Gasteiger partial charge >= 0.3 is 11.8 Å². The summed E-state index contributed by atoms with van der Waals surface area (Å²) < 4.78 is 7.01. The molecular formula is C22H19Cl3N4O3. The standard InChI is InChI=1S/C22H19Cl3N4O3/c1-12-6-14(13(2)29(12)18-8-15(23)7-16(24)9-18)11-26-28-22(31)21(30)27-17-4-5-20(32-3)19(25)10-17/h4-11H,1-3H3,(H,27,30)(H,28,31)/b26-11-. The number of hydrogen-bond acceptors (Lipinski definition) is 4. The minimum Gasteiger partial charge on any atom is -0.495 e. The van der Waals surface area contributed by atoms with Gasteiger partial charge in [-0.2, -0.15) is 5.10 Å². The first kappa shape index (κ1) is 23.7. The van der Waals surface area contributed by atoms with E-state index in [-0.39, 0.29) is 0 Å². The van der Waals surface area contributed by atoms with Crippen LogP contribution in [0.15, 0.2) is 47.6 Å². The summed E-state index contributed by atoms with van der Waals surface area (Å²) in [6.45, 7) is 3.82. The van der Waals surface area contributed by atoms with Crippen LogP contribution >= 0.6 is 34.8 Å². The maximum Gasteiger partial charge on any atom is 0.329 e. The molecular weight excluding hydrogens is 475 g/mol. The third-order valence-corrected chi connectivity index (χ3v) is 5.29. The second kappa shape index (κ2) is 10.1. The van der Waals surface area contributed by atoms with Gasteiger partial charge in [0.1, 0.15) is 5.75 Å². The molecule has 0 saturated carbocycles. The number of rotatable bonds is 5. The minimum atomic E-state index is -0.927. The van der Waals surface area contributed by atoms with Crippen LogP contribution in [0.1, 0.15) is 17.0 Å². The van der Waals surface area contributed by atoms with Gasteiger partial charge in [0.2, 0.25) is 0 Å². The normalized spacial score (nSPS) is 10.9. The molecule has 0 aliphatic carbocycles. The molecule has 32 heavy (non-hydrogen) atoms. The molecule has 1 heterocycles. The fraction of sp³-hybridized carbons (Fsp3) is 0.136. The number of amides is 2. The smallest absolute Gasteiger partial charge is 0.329 e. The molecule has 0 atom stereocenters. The number of nitrogens with one attached hydrogen (secondary N) is 2. The van der Waals surface area contributed by atoms with Gasteiger partial charge < -0.3 is 14.6 Å². The zero-order chi connectivity index (χ0) is 23.4. The van der Waals surface area contributed by atoms with Gasteiger partial charge in [-0.25, -0.2) is 5.43 Å². The molecule has 0 aliphatic rings. The summed E-state index contributed by atoms with van der Waals surface area (Å²) >= 11 is 18.3. The molecule has 0 spiro atoms. The van der Waals surface area contributed by atoms with Crippen LogP contribution in [0.2, 0.25) is 15.1 Å². The van der Waals surface area contributed by atoms with Crippen molar-refractivity contribution in [1.29, 1.82) is 0 Å². The van der Waals surface area contributed by atoms with E-state index in [0.29, 0.717) is 26.5 Å². The van der Waals surface area contributed by atoms with E-state index in [4.69, 9.17) is 39.5 Å². The van der Waals surface area contributed by atoms with Gasteiger partial charge in [0.05, 0.1) is 18.3 Å². The average Bonchev–Trinajstić information content (AvgIpc) is 3.00. The van der Waals surface area contributed by atoms with E-state index < -0.39 is 11.8 Å². The number of aromatic nitrogens is 1. The molecule has 0 radical (unpaired) electrons. The summed E-state index contributed by atoms with van der Waals surface area (Å²) in [4.78, 5) is 24.2. The minimum absolute atomic E-state index is 0.306. The third kappa shape index (κ3) is 5.43. The van der Waals surface area contributed by atoms with E-state index in [9.17, 15) is 9.59 Å². The van der Waals surface area contributed by atoms with Gasteiger partial charge in [-0.15, -0.1) is 0 Å². The maximum absolute atomic E-state index is 12.1. The Balaban J connectivity index is 1.68. The second-order valence-corrected chi connectivity index (χ2v) is 8.07. The molecule has 0 fully saturated rings. The van der Waals surface area contributed by atoms with Crippen LogP contribution in [0.25, 0.3) is 5.69 Å². The number of nitrogens with zero attached hydrogens (tertiary/aromatic N) is 2. The first-order valence-electron chi connectivity index (χ1n) is 9.33. The van der Waals surface area contributed by atoms with E-state index in [2.05, 4.69) is 15.8 Å². The third-order valence-electron chi connectivity index (χ3n) is 4.56. The van der Waals surface area contributed by atoms with E-state index in [1.807, 2.05) is 24.5 Å². The van der Waals surface area contributed by atoms with Crippen molar-refractivity contribution in [3.05, 3.63) is 74.5 Å². The first-order valence-corrected chi connectivity index (χ1v) is 10.5. The molecule has 7 nitrogen and oxygen atoms in total. The van der Waals surface area contributed by atoms with Crippen LogP contribution < -0.4 is 15.5 Å². The van der Waals surface area contributed by atoms with Crippen LogP contribution in [0.3, 0.4) is 0 Å². The number of carbonyl (C=O) groups is 2. The lowest BCUT2D eigenvalue weighted by molar-refractivity contribution is -0.136. The number of hydrazone groups is 1. The van der Waals surface area contributed by atoms with E-state index >= 15 is 0 Å². The van der Waals surface area contributed by atoms with Crippen LogP contribution in [-0.2, 0) is 9.59 Å². The predicted octanol–water partition coefficient (Wildman–Crippen LogP) is 5.15. The summed E-state index contributed by atoms with van der Waals surface area (Å²) in [6.07, 6.45) is 1.46. The summed E-state index contributed by atoms with van der Waals surface area (Å²) in [5.41, 5.74) is 5.89. The lowest BCUT2D eigenvalue weighted by Gasteiger charge is -2.10. The zero-order valence-corrected chi connectivity index (χ0v) is 19.6. The molecule has 2 N–H and O–H groups in total. The van der Waals surface area contributed by atoms with Gasteiger partial charge in [0, 0.05) is 38.4 Å². The number of halogens is 3. The Labute approximate surface area is 199 Å². The maximum atomic E-state index is 12.1. The Morgan fingerprint density at radius 2 is 1.69 bits per heavy atom. The van der Waals surface area contributed by atoms with E-state index in [1.165, 1.54) is 19.4 Å².